The lowest BCUT2D eigenvalue weighted by Gasteiger charge is -2.28. The van der Waals surface area contributed by atoms with Crippen molar-refractivity contribution in [3.8, 4) is 11.1 Å². The number of carboxylic acid groups (broad SMARTS) is 1. The predicted molar refractivity (Wildman–Crippen MR) is 229 cm³/mol. The number of carbonyl (C=O) groups is 6. The van der Waals surface area contributed by atoms with Crippen LogP contribution in [0.1, 0.15) is 50.2 Å². The number of allylic oxidation sites excluding steroid dienone is 4. The third-order valence-corrected chi connectivity index (χ3v) is 11.8. The van der Waals surface area contributed by atoms with E-state index in [0.717, 1.165) is 22.3 Å². The standard InChI is InChI=1S/C46H51N5O8S/c1-29(46(57)58)47-43(54)38-26-32-16-21-35(22-17-32)59-28-41(52)48-40(27-36-13-8-24-60-36)45(56)51-39(25-31-14-19-34(20-15-31)33-11-6-3-7-12-33)44(55)49-37(42(53)50-38)23-18-30-9-4-2-5-10-30/h2-12,14-16,19-22,24,29,32,36-40H,13,17-18,23,25-28H2,1H3,(H,47,54)(H,48,52)(H,49,55)(H,50,53)(H,51,56)(H,57,58)/t29-,32?,36?,37+,38-,39-,40+/m0/s1. The topological polar surface area (TPSA) is 192 Å². The molecule has 2 unspecified atom stereocenters. The van der Waals surface area contributed by atoms with E-state index >= 15 is 0 Å². The maximum absolute atomic E-state index is 14.5. The van der Waals surface area contributed by atoms with Gasteiger partial charge in [0.25, 0.3) is 5.91 Å². The van der Waals surface area contributed by atoms with Crippen LogP contribution in [0.15, 0.2) is 120 Å². The van der Waals surface area contributed by atoms with E-state index in [2.05, 4.69) is 26.6 Å². The molecule has 0 radical (unpaired) electrons. The van der Waals surface area contributed by atoms with Gasteiger partial charge in [0.15, 0.2) is 6.61 Å². The Bertz CT molecular complexity index is 2080. The maximum atomic E-state index is 14.5. The van der Waals surface area contributed by atoms with Crippen LogP contribution in [0, 0.1) is 5.92 Å². The van der Waals surface area contributed by atoms with Crippen LogP contribution in [-0.4, -0.2) is 82.7 Å². The van der Waals surface area contributed by atoms with E-state index in [1.165, 1.54) is 6.92 Å². The van der Waals surface area contributed by atoms with Gasteiger partial charge in [0.1, 0.15) is 36.0 Å². The van der Waals surface area contributed by atoms with Crippen LogP contribution in [-0.2, 0) is 46.3 Å². The van der Waals surface area contributed by atoms with Crippen molar-refractivity contribution in [2.45, 2.75) is 87.3 Å². The minimum atomic E-state index is -1.24. The fraction of sp³-hybridized carbons (Fsp3) is 0.348. The summed E-state index contributed by atoms with van der Waals surface area (Å²) in [4.78, 5) is 81.7. The van der Waals surface area contributed by atoms with Crippen molar-refractivity contribution < 1.29 is 38.6 Å². The number of carboxylic acids is 1. The molecule has 4 aliphatic rings. The van der Waals surface area contributed by atoms with Gasteiger partial charge in [-0.2, -0.15) is 0 Å². The molecule has 7 atom stereocenters. The summed E-state index contributed by atoms with van der Waals surface area (Å²) in [6.45, 7) is 0.963. The van der Waals surface area contributed by atoms with E-state index < -0.39 is 65.7 Å². The zero-order chi connectivity index (χ0) is 42.4. The highest BCUT2D eigenvalue weighted by atomic mass is 32.2. The number of carbonyl (C=O) groups excluding carboxylic acids is 5. The Morgan fingerprint density at radius 1 is 0.800 bits per heavy atom. The Kier molecular flexibility index (Phi) is 15.4. The lowest BCUT2D eigenvalue weighted by molar-refractivity contribution is -0.142. The van der Waals surface area contributed by atoms with E-state index in [-0.39, 0.29) is 37.0 Å². The lowest BCUT2D eigenvalue weighted by Crippen LogP contribution is -2.59. The average Bonchev–Trinajstić information content (AvgIpc) is 3.78. The number of hydrogen-bond donors (Lipinski definition) is 6. The first kappa shape index (κ1) is 43.4. The van der Waals surface area contributed by atoms with Gasteiger partial charge in [0, 0.05) is 11.7 Å². The second-order valence-electron chi connectivity index (χ2n) is 15.3. The van der Waals surface area contributed by atoms with Crippen LogP contribution in [0.2, 0.25) is 0 Å². The van der Waals surface area contributed by atoms with Crippen LogP contribution < -0.4 is 26.6 Å². The highest BCUT2D eigenvalue weighted by Gasteiger charge is 2.34. The first-order chi connectivity index (χ1) is 29.0. The van der Waals surface area contributed by atoms with Gasteiger partial charge in [-0.3, -0.25) is 28.8 Å². The summed E-state index contributed by atoms with van der Waals surface area (Å²) >= 11 is 1.57. The Morgan fingerprint density at radius 3 is 2.13 bits per heavy atom. The fourth-order valence-electron chi connectivity index (χ4n) is 7.25. The fourth-order valence-corrected chi connectivity index (χ4v) is 8.22. The summed E-state index contributed by atoms with van der Waals surface area (Å²) in [7, 11) is 0. The first-order valence-electron chi connectivity index (χ1n) is 20.2. The van der Waals surface area contributed by atoms with Gasteiger partial charge in [-0.1, -0.05) is 97.1 Å². The second kappa shape index (κ2) is 21.2. The van der Waals surface area contributed by atoms with Crippen LogP contribution >= 0.6 is 11.8 Å². The van der Waals surface area contributed by atoms with E-state index in [4.69, 9.17) is 4.74 Å². The molecule has 3 heterocycles. The molecule has 0 saturated carbocycles. The minimum Gasteiger partial charge on any atom is -0.484 e. The number of hydrogen-bond acceptors (Lipinski definition) is 8. The third-order valence-electron chi connectivity index (χ3n) is 10.7. The summed E-state index contributed by atoms with van der Waals surface area (Å²) in [5.41, 5.74) is 3.64. The second-order valence-corrected chi connectivity index (χ2v) is 16.5. The largest absolute Gasteiger partial charge is 0.484 e. The average molecular weight is 834 g/mol. The molecule has 1 aliphatic carbocycles. The van der Waals surface area contributed by atoms with Gasteiger partial charge in [0.2, 0.25) is 23.6 Å². The Morgan fingerprint density at radius 2 is 1.47 bits per heavy atom. The molecule has 314 valence electrons. The molecule has 14 heteroatoms. The van der Waals surface area contributed by atoms with Crippen LogP contribution in [0.5, 0.6) is 0 Å². The van der Waals surface area contributed by atoms with Crippen molar-refractivity contribution >= 4 is 47.3 Å². The predicted octanol–water partition coefficient (Wildman–Crippen LogP) is 4.35. The number of rotatable bonds is 11. The van der Waals surface area contributed by atoms with Crippen molar-refractivity contribution in [3.63, 3.8) is 0 Å². The normalized spacial score (nSPS) is 24.2. The Hall–Kier alpha value is -6.15. The smallest absolute Gasteiger partial charge is 0.325 e. The molecule has 2 bridgehead atoms. The summed E-state index contributed by atoms with van der Waals surface area (Å²) in [5, 5.41) is 25.4. The van der Waals surface area contributed by atoms with Gasteiger partial charge >= 0.3 is 5.97 Å². The molecule has 6 N–H and O–H groups in total. The molecule has 0 fully saturated rings. The van der Waals surface area contributed by atoms with Crippen molar-refractivity contribution in [2.75, 3.05) is 6.61 Å². The summed E-state index contributed by atoms with van der Waals surface area (Å²) in [6, 6.07) is 21.1. The van der Waals surface area contributed by atoms with Gasteiger partial charge in [-0.15, -0.1) is 11.8 Å². The third kappa shape index (κ3) is 12.7. The highest BCUT2D eigenvalue weighted by molar-refractivity contribution is 8.03. The Labute approximate surface area is 353 Å². The van der Waals surface area contributed by atoms with Crippen molar-refractivity contribution in [2.24, 2.45) is 5.92 Å². The van der Waals surface area contributed by atoms with Gasteiger partial charge in [-0.25, -0.2) is 0 Å². The molecule has 7 rings (SSSR count). The number of aliphatic carboxylic acids is 1. The number of benzene rings is 3. The summed E-state index contributed by atoms with van der Waals surface area (Å²) in [5.74, 6) is -4.14. The van der Waals surface area contributed by atoms with Crippen LogP contribution in [0.4, 0.5) is 0 Å². The minimum absolute atomic E-state index is 0.0250. The van der Waals surface area contributed by atoms with Crippen molar-refractivity contribution in [1.82, 2.24) is 26.6 Å². The summed E-state index contributed by atoms with van der Waals surface area (Å²) < 4.78 is 5.80. The maximum Gasteiger partial charge on any atom is 0.325 e. The first-order valence-corrected chi connectivity index (χ1v) is 21.2. The molecule has 0 saturated heterocycles. The molecular weight excluding hydrogens is 783 g/mol. The number of thioether (sulfide) groups is 1. The van der Waals surface area contributed by atoms with Crippen molar-refractivity contribution in [3.05, 3.63) is 132 Å². The zero-order valence-electron chi connectivity index (χ0n) is 33.4. The zero-order valence-corrected chi connectivity index (χ0v) is 34.2. The monoisotopic (exact) mass is 833 g/mol. The molecule has 0 aromatic heterocycles. The highest BCUT2D eigenvalue weighted by Crippen LogP contribution is 2.28. The van der Waals surface area contributed by atoms with Gasteiger partial charge < -0.3 is 36.4 Å². The quantitative estimate of drug-likeness (QED) is 0.153. The number of aryl methyl sites for hydroxylation is 1. The summed E-state index contributed by atoms with van der Waals surface area (Å²) in [6.07, 6.45) is 9.38. The van der Waals surface area contributed by atoms with E-state index in [1.807, 2.05) is 96.4 Å². The molecule has 13 nitrogen and oxygen atoms in total. The van der Waals surface area contributed by atoms with Gasteiger partial charge in [-0.05, 0) is 91.2 Å². The molecule has 5 amide bonds. The van der Waals surface area contributed by atoms with Crippen LogP contribution in [0.25, 0.3) is 11.1 Å². The lowest BCUT2D eigenvalue weighted by atomic mass is 9.92. The molecule has 3 aromatic rings. The SMILES string of the molecule is C[C@H](NC(=O)[C@@H]1CC2C=CC(=CC2)OCC(=O)N[C@H](CC2CC=CS2)C(=O)N[C@@H](Cc2ccc(-c3ccccc3)cc2)C(=O)N[C@H](CCc2ccccc2)C(=O)N1)C(=O)O. The molecule has 0 spiro atoms. The number of ether oxygens (including phenoxy) is 1. The van der Waals surface area contributed by atoms with E-state index in [0.29, 0.717) is 31.4 Å². The van der Waals surface area contributed by atoms with E-state index in [9.17, 15) is 33.9 Å². The van der Waals surface area contributed by atoms with Crippen LogP contribution in [0.3, 0.4) is 0 Å². The Balaban J connectivity index is 1.33. The number of nitrogens with one attached hydrogen (secondary N) is 5. The molecule has 60 heavy (non-hydrogen) atoms. The molecular formula is C46H51N5O8S. The van der Waals surface area contributed by atoms with Crippen molar-refractivity contribution in [1.29, 1.82) is 0 Å². The molecule has 3 aliphatic heterocycles. The van der Waals surface area contributed by atoms with E-state index in [1.54, 1.807) is 30.0 Å². The number of fused-ring (bicyclic) bond motifs is 15. The van der Waals surface area contributed by atoms with Gasteiger partial charge in [0.05, 0.1) is 0 Å². The molecule has 3 aromatic carbocycles. The number of amides is 5.